The Balaban J connectivity index is 1.49. The monoisotopic (exact) mass is 404 g/mol. The van der Waals surface area contributed by atoms with E-state index < -0.39 is 11.9 Å². The molecule has 2 aromatic carbocycles. The first-order chi connectivity index (χ1) is 14.3. The quantitative estimate of drug-likeness (QED) is 0.652. The van der Waals surface area contributed by atoms with E-state index in [1.54, 1.807) is 34.2 Å². The Morgan fingerprint density at radius 2 is 1.60 bits per heavy atom. The third-order valence-electron chi connectivity index (χ3n) is 6.13. The summed E-state index contributed by atoms with van der Waals surface area (Å²) in [6.07, 6.45) is 0.577. The second-order valence-corrected chi connectivity index (χ2v) is 7.88. The molecule has 1 atom stereocenters. The third-order valence-corrected chi connectivity index (χ3v) is 6.13. The van der Waals surface area contributed by atoms with Crippen molar-refractivity contribution in [3.8, 4) is 11.1 Å². The second kappa shape index (κ2) is 6.41. The van der Waals surface area contributed by atoms with Crippen LogP contribution in [0.1, 0.15) is 28.8 Å². The zero-order valence-electron chi connectivity index (χ0n) is 16.6. The summed E-state index contributed by atoms with van der Waals surface area (Å²) < 4.78 is 3.22. The summed E-state index contributed by atoms with van der Waals surface area (Å²) in [7, 11) is 3.49. The molecule has 2 aliphatic heterocycles. The van der Waals surface area contributed by atoms with Crippen molar-refractivity contribution >= 4 is 28.8 Å². The van der Waals surface area contributed by atoms with Crippen LogP contribution in [-0.4, -0.2) is 37.8 Å². The number of aryl methyl sites for hydroxylation is 2. The van der Waals surface area contributed by atoms with Crippen LogP contribution in [0.15, 0.2) is 41.2 Å². The van der Waals surface area contributed by atoms with E-state index in [0.29, 0.717) is 18.5 Å². The van der Waals surface area contributed by atoms with Crippen molar-refractivity contribution in [1.29, 1.82) is 0 Å². The molecule has 0 spiro atoms. The number of rotatable bonds is 2. The van der Waals surface area contributed by atoms with Crippen molar-refractivity contribution in [3.05, 3.63) is 58.0 Å². The zero-order chi connectivity index (χ0) is 21.2. The number of carbonyl (C=O) groups excluding carboxylic acids is 3. The highest BCUT2D eigenvalue weighted by Gasteiger charge is 2.39. The number of imidazole rings is 1. The maximum absolute atomic E-state index is 12.9. The normalized spacial score (nSPS) is 18.8. The summed E-state index contributed by atoms with van der Waals surface area (Å²) in [6.45, 7) is 0.334. The first kappa shape index (κ1) is 18.4. The molecule has 1 unspecified atom stereocenters. The van der Waals surface area contributed by atoms with Crippen LogP contribution in [-0.2, 0) is 30.2 Å². The molecular weight excluding hydrogens is 384 g/mol. The molecule has 0 bridgehead atoms. The van der Waals surface area contributed by atoms with Gasteiger partial charge in [0, 0.05) is 32.6 Å². The number of amides is 3. The Hall–Kier alpha value is -3.68. The molecule has 0 saturated carbocycles. The van der Waals surface area contributed by atoms with Crippen LogP contribution in [0.2, 0.25) is 0 Å². The van der Waals surface area contributed by atoms with Crippen LogP contribution in [0, 0.1) is 0 Å². The Kier molecular flexibility index (Phi) is 3.92. The van der Waals surface area contributed by atoms with Gasteiger partial charge < -0.3 is 4.90 Å². The Morgan fingerprint density at radius 1 is 0.900 bits per heavy atom. The molecule has 1 aromatic heterocycles. The highest BCUT2D eigenvalue weighted by atomic mass is 16.2. The lowest BCUT2D eigenvalue weighted by Crippen LogP contribution is -2.52. The molecule has 0 radical (unpaired) electrons. The highest BCUT2D eigenvalue weighted by molar-refractivity contribution is 6.05. The minimum absolute atomic E-state index is 0.0819. The molecule has 8 nitrogen and oxygen atoms in total. The number of hydrogen-bond acceptors (Lipinski definition) is 4. The van der Waals surface area contributed by atoms with Gasteiger partial charge in [-0.1, -0.05) is 12.1 Å². The summed E-state index contributed by atoms with van der Waals surface area (Å²) in [5.41, 5.74) is 4.92. The smallest absolute Gasteiger partial charge is 0.322 e. The predicted molar refractivity (Wildman–Crippen MR) is 110 cm³/mol. The van der Waals surface area contributed by atoms with Crippen molar-refractivity contribution in [2.45, 2.75) is 25.4 Å². The van der Waals surface area contributed by atoms with E-state index in [4.69, 9.17) is 0 Å². The molecule has 1 saturated heterocycles. The fourth-order valence-corrected chi connectivity index (χ4v) is 4.44. The molecule has 1 N–H and O–H groups in total. The molecule has 5 rings (SSSR count). The van der Waals surface area contributed by atoms with E-state index in [-0.39, 0.29) is 23.9 Å². The first-order valence-corrected chi connectivity index (χ1v) is 9.78. The van der Waals surface area contributed by atoms with Crippen LogP contribution in [0.4, 0.5) is 0 Å². The molecule has 0 aliphatic carbocycles. The number of carbonyl (C=O) groups is 3. The van der Waals surface area contributed by atoms with Crippen LogP contribution in [0.5, 0.6) is 0 Å². The number of piperidine rings is 1. The molecule has 3 heterocycles. The lowest BCUT2D eigenvalue weighted by molar-refractivity contribution is -0.136. The number of imide groups is 1. The first-order valence-electron chi connectivity index (χ1n) is 9.78. The number of nitrogens with zero attached hydrogens (tertiary/aromatic N) is 3. The van der Waals surface area contributed by atoms with Crippen molar-refractivity contribution in [2.75, 3.05) is 0 Å². The van der Waals surface area contributed by atoms with Gasteiger partial charge in [-0.2, -0.15) is 0 Å². The van der Waals surface area contributed by atoms with Gasteiger partial charge in [-0.25, -0.2) is 4.79 Å². The van der Waals surface area contributed by atoms with Gasteiger partial charge in [0.2, 0.25) is 11.8 Å². The maximum Gasteiger partial charge on any atom is 0.328 e. The summed E-state index contributed by atoms with van der Waals surface area (Å²) in [6, 6.07) is 10.8. The molecule has 8 heteroatoms. The fraction of sp³-hybridized carbons (Fsp3) is 0.273. The molecule has 152 valence electrons. The lowest BCUT2D eigenvalue weighted by atomic mass is 10.00. The maximum atomic E-state index is 12.9. The van der Waals surface area contributed by atoms with E-state index in [0.717, 1.165) is 27.7 Å². The van der Waals surface area contributed by atoms with E-state index in [1.165, 1.54) is 0 Å². The molecule has 30 heavy (non-hydrogen) atoms. The minimum Gasteiger partial charge on any atom is -0.322 e. The van der Waals surface area contributed by atoms with Crippen molar-refractivity contribution in [2.24, 2.45) is 14.1 Å². The summed E-state index contributed by atoms with van der Waals surface area (Å²) in [4.78, 5) is 50.2. The number of aromatic nitrogens is 2. The van der Waals surface area contributed by atoms with Gasteiger partial charge >= 0.3 is 5.69 Å². The Morgan fingerprint density at radius 3 is 2.37 bits per heavy atom. The number of fused-ring (bicyclic) bond motifs is 2. The van der Waals surface area contributed by atoms with Gasteiger partial charge in [-0.05, 0) is 47.4 Å². The third kappa shape index (κ3) is 2.60. The molecule has 1 fully saturated rings. The van der Waals surface area contributed by atoms with Crippen LogP contribution in [0.3, 0.4) is 0 Å². The van der Waals surface area contributed by atoms with Crippen LogP contribution < -0.4 is 11.0 Å². The molecule has 3 aromatic rings. The van der Waals surface area contributed by atoms with Crippen molar-refractivity contribution in [1.82, 2.24) is 19.4 Å². The minimum atomic E-state index is -0.624. The molecular formula is C22H20N4O4. The topological polar surface area (TPSA) is 93.4 Å². The predicted octanol–water partition coefficient (Wildman–Crippen LogP) is 1.30. The number of benzene rings is 2. The Labute approximate surface area is 171 Å². The van der Waals surface area contributed by atoms with Crippen LogP contribution >= 0.6 is 0 Å². The largest absolute Gasteiger partial charge is 0.328 e. The SMILES string of the molecule is Cn1c(=O)n(C)c2cc(-c3ccc4c(c3)CN(C3CCC(=O)NC3=O)C4=O)ccc21. The summed E-state index contributed by atoms with van der Waals surface area (Å²) >= 11 is 0. The second-order valence-electron chi connectivity index (χ2n) is 7.88. The van der Waals surface area contributed by atoms with E-state index in [9.17, 15) is 19.2 Å². The average Bonchev–Trinajstić information content (AvgIpc) is 3.17. The van der Waals surface area contributed by atoms with Crippen molar-refractivity contribution in [3.63, 3.8) is 0 Å². The molecule has 3 amide bonds. The summed E-state index contributed by atoms with van der Waals surface area (Å²) in [5, 5.41) is 2.32. The lowest BCUT2D eigenvalue weighted by Gasteiger charge is -2.29. The summed E-state index contributed by atoms with van der Waals surface area (Å²) in [5.74, 6) is -0.900. The van der Waals surface area contributed by atoms with E-state index >= 15 is 0 Å². The van der Waals surface area contributed by atoms with Gasteiger partial charge in [-0.15, -0.1) is 0 Å². The zero-order valence-corrected chi connectivity index (χ0v) is 16.6. The Bertz CT molecular complexity index is 1320. The van der Waals surface area contributed by atoms with Gasteiger partial charge in [0.05, 0.1) is 11.0 Å². The number of hydrogen-bond donors (Lipinski definition) is 1. The van der Waals surface area contributed by atoms with E-state index in [1.807, 2.05) is 30.3 Å². The van der Waals surface area contributed by atoms with Crippen LogP contribution in [0.25, 0.3) is 22.2 Å². The standard InChI is InChI=1S/C22H20N4O4/c1-24-16-6-4-13(10-18(16)25(2)22(24)30)12-3-5-15-14(9-12)11-26(21(15)29)17-7-8-19(27)23-20(17)28/h3-6,9-10,17H,7-8,11H2,1-2H3,(H,23,27,28). The van der Waals surface area contributed by atoms with Crippen molar-refractivity contribution < 1.29 is 14.4 Å². The van der Waals surface area contributed by atoms with Gasteiger partial charge in [0.15, 0.2) is 0 Å². The van der Waals surface area contributed by atoms with Gasteiger partial charge in [0.25, 0.3) is 5.91 Å². The highest BCUT2D eigenvalue weighted by Crippen LogP contribution is 2.32. The van der Waals surface area contributed by atoms with E-state index in [2.05, 4.69) is 5.32 Å². The van der Waals surface area contributed by atoms with Gasteiger partial charge in [-0.3, -0.25) is 28.8 Å². The molecule has 2 aliphatic rings. The fourth-order valence-electron chi connectivity index (χ4n) is 4.44. The average molecular weight is 404 g/mol. The van der Waals surface area contributed by atoms with Gasteiger partial charge in [0.1, 0.15) is 6.04 Å². The number of nitrogens with one attached hydrogen (secondary N) is 1.